The predicted octanol–water partition coefficient (Wildman–Crippen LogP) is -0.243. The van der Waals surface area contributed by atoms with Crippen molar-refractivity contribution in [1.29, 1.82) is 0 Å². The Balaban J connectivity index is 0. The monoisotopic (exact) mass is 267 g/mol. The fraction of sp³-hybridized carbons (Fsp3) is 0.909. The third kappa shape index (κ3) is 20.5. The summed E-state index contributed by atoms with van der Waals surface area (Å²) in [7, 11) is 0. The van der Waals surface area contributed by atoms with Gasteiger partial charge >= 0.3 is 6.09 Å². The van der Waals surface area contributed by atoms with Crippen molar-refractivity contribution >= 4 is 6.09 Å². The number of ether oxygens (including phenoxy) is 3. The van der Waals surface area contributed by atoms with E-state index >= 15 is 0 Å². The molecule has 0 aliphatic rings. The van der Waals surface area contributed by atoms with Gasteiger partial charge in [-0.2, -0.15) is 0 Å². The van der Waals surface area contributed by atoms with Crippen molar-refractivity contribution in [2.24, 2.45) is 0 Å². The molecule has 7 nitrogen and oxygen atoms in total. The molecule has 0 bridgehead atoms. The van der Waals surface area contributed by atoms with Crippen molar-refractivity contribution < 1.29 is 29.2 Å². The zero-order valence-corrected chi connectivity index (χ0v) is 11.2. The third-order valence-electron chi connectivity index (χ3n) is 1.44. The van der Waals surface area contributed by atoms with Gasteiger partial charge in [-0.15, -0.1) is 0 Å². The van der Waals surface area contributed by atoms with E-state index in [1.807, 2.05) is 6.92 Å². The van der Waals surface area contributed by atoms with Crippen LogP contribution in [-0.4, -0.2) is 69.1 Å². The molecule has 0 saturated heterocycles. The Hall–Kier alpha value is -0.890. The highest BCUT2D eigenvalue weighted by Crippen LogP contribution is 1.76. The highest BCUT2D eigenvalue weighted by atomic mass is 16.5. The molecule has 0 heterocycles. The molecule has 0 aliphatic heterocycles. The minimum absolute atomic E-state index is 0.0417. The third-order valence-corrected chi connectivity index (χ3v) is 1.44. The summed E-state index contributed by atoms with van der Waals surface area (Å²) in [6.45, 7) is 6.41. The maximum absolute atomic E-state index is 10.3. The predicted molar refractivity (Wildman–Crippen MR) is 66.5 cm³/mol. The van der Waals surface area contributed by atoms with Crippen LogP contribution in [0.4, 0.5) is 4.79 Å². The van der Waals surface area contributed by atoms with E-state index in [0.717, 1.165) is 0 Å². The van der Waals surface area contributed by atoms with Crippen LogP contribution < -0.4 is 5.32 Å². The first-order valence-corrected chi connectivity index (χ1v) is 6.00. The van der Waals surface area contributed by atoms with Crippen molar-refractivity contribution in [2.75, 3.05) is 52.8 Å². The van der Waals surface area contributed by atoms with E-state index in [9.17, 15) is 4.79 Å². The average Bonchev–Trinajstić information content (AvgIpc) is 2.35. The summed E-state index contributed by atoms with van der Waals surface area (Å²) < 4.78 is 14.3. The summed E-state index contributed by atoms with van der Waals surface area (Å²) in [6, 6.07) is 0. The topological polar surface area (TPSA) is 97.3 Å². The number of aliphatic hydroxyl groups is 2. The molecule has 0 aromatic heterocycles. The van der Waals surface area contributed by atoms with Crippen molar-refractivity contribution in [3.05, 3.63) is 0 Å². The van der Waals surface area contributed by atoms with Crippen LogP contribution in [-0.2, 0) is 14.2 Å². The zero-order valence-electron chi connectivity index (χ0n) is 11.2. The van der Waals surface area contributed by atoms with E-state index in [1.165, 1.54) is 0 Å². The fourth-order valence-corrected chi connectivity index (χ4v) is 0.778. The number of alkyl carbamates (subject to hydrolysis) is 1. The van der Waals surface area contributed by atoms with Gasteiger partial charge in [0.1, 0.15) is 0 Å². The molecular weight excluding hydrogens is 242 g/mol. The molecule has 0 radical (unpaired) electrons. The molecule has 3 N–H and O–H groups in total. The van der Waals surface area contributed by atoms with Crippen LogP contribution in [0.2, 0.25) is 0 Å². The Morgan fingerprint density at radius 3 is 1.83 bits per heavy atom. The second kappa shape index (κ2) is 18.5. The first-order valence-electron chi connectivity index (χ1n) is 6.00. The molecule has 0 aromatic rings. The summed E-state index contributed by atoms with van der Waals surface area (Å²) in [5.41, 5.74) is 0. The summed E-state index contributed by atoms with van der Waals surface area (Å²) in [5.74, 6) is 0. The maximum atomic E-state index is 10.3. The maximum Gasteiger partial charge on any atom is 0.407 e. The highest BCUT2D eigenvalue weighted by molar-refractivity contribution is 5.66. The summed E-state index contributed by atoms with van der Waals surface area (Å²) in [4.78, 5) is 10.3. The number of aliphatic hydroxyl groups excluding tert-OH is 2. The molecule has 110 valence electrons. The van der Waals surface area contributed by atoms with Gasteiger partial charge in [0.15, 0.2) is 0 Å². The lowest BCUT2D eigenvalue weighted by molar-refractivity contribution is 0.0222. The first kappa shape index (κ1) is 19.4. The minimum atomic E-state index is -0.338. The van der Waals surface area contributed by atoms with Crippen molar-refractivity contribution in [1.82, 2.24) is 5.32 Å². The largest absolute Gasteiger partial charge is 0.450 e. The van der Waals surface area contributed by atoms with Gasteiger partial charge in [0, 0.05) is 6.54 Å². The van der Waals surface area contributed by atoms with Crippen molar-refractivity contribution in [3.8, 4) is 0 Å². The van der Waals surface area contributed by atoms with Crippen LogP contribution in [0, 0.1) is 0 Å². The molecule has 1 amide bonds. The molecule has 0 aromatic carbocycles. The number of carbonyl (C=O) groups is 1. The normalized spacial score (nSPS) is 9.33. The van der Waals surface area contributed by atoms with Crippen LogP contribution in [0.15, 0.2) is 0 Å². The number of amides is 1. The van der Waals surface area contributed by atoms with Crippen LogP contribution >= 0.6 is 0 Å². The molecule has 0 spiro atoms. The van der Waals surface area contributed by atoms with E-state index in [0.29, 0.717) is 39.6 Å². The van der Waals surface area contributed by atoms with Crippen molar-refractivity contribution in [2.45, 2.75) is 13.8 Å². The molecule has 0 aliphatic carbocycles. The van der Waals surface area contributed by atoms with Gasteiger partial charge in [-0.3, -0.25) is 0 Å². The van der Waals surface area contributed by atoms with Crippen LogP contribution in [0.25, 0.3) is 0 Å². The Morgan fingerprint density at radius 1 is 1.00 bits per heavy atom. The number of rotatable bonds is 9. The Kier molecular flexibility index (Phi) is 20.0. The molecule has 18 heavy (non-hydrogen) atoms. The molecule has 0 atom stereocenters. The van der Waals surface area contributed by atoms with E-state index < -0.39 is 0 Å². The van der Waals surface area contributed by atoms with Gasteiger partial charge in [0.25, 0.3) is 0 Å². The van der Waals surface area contributed by atoms with Gasteiger partial charge in [0.2, 0.25) is 0 Å². The van der Waals surface area contributed by atoms with Crippen molar-refractivity contribution in [3.63, 3.8) is 0 Å². The lowest BCUT2D eigenvalue weighted by atomic mass is 10.7. The van der Waals surface area contributed by atoms with E-state index in [2.05, 4.69) is 10.1 Å². The Labute approximate surface area is 108 Å². The number of carbonyl (C=O) groups excluding carboxylic acids is 1. The second-order valence-corrected chi connectivity index (χ2v) is 2.92. The van der Waals surface area contributed by atoms with Gasteiger partial charge in [0.05, 0.1) is 46.2 Å². The molecule has 0 fully saturated rings. The summed E-state index contributed by atoms with van der Waals surface area (Å²) in [6.07, 6.45) is -0.338. The molecular formula is C11H25NO6. The van der Waals surface area contributed by atoms with Crippen LogP contribution in [0.1, 0.15) is 13.8 Å². The molecule has 0 rings (SSSR count). The minimum Gasteiger partial charge on any atom is -0.450 e. The van der Waals surface area contributed by atoms with E-state index in [4.69, 9.17) is 19.7 Å². The first-order chi connectivity index (χ1) is 8.72. The number of hydrogen-bond acceptors (Lipinski definition) is 6. The van der Waals surface area contributed by atoms with Gasteiger partial charge in [-0.25, -0.2) is 4.79 Å². The lowest BCUT2D eigenvalue weighted by Crippen LogP contribution is -2.23. The lowest BCUT2D eigenvalue weighted by Gasteiger charge is -2.01. The summed E-state index contributed by atoms with van der Waals surface area (Å²) in [5, 5.41) is 19.0. The van der Waals surface area contributed by atoms with Crippen LogP contribution in [0.5, 0.6) is 0 Å². The van der Waals surface area contributed by atoms with Crippen LogP contribution in [0.3, 0.4) is 0 Å². The summed E-state index contributed by atoms with van der Waals surface area (Å²) >= 11 is 0. The standard InChI is InChI=1S/C6H14O4.C5H11NO2/c7-1-3-9-5-6-10-4-2-8;1-3-6-5(7)8-4-2/h7-8H,1-6H2;3-4H2,1-2H3,(H,6,7). The molecule has 7 heteroatoms. The quantitative estimate of drug-likeness (QED) is 0.499. The number of nitrogens with one attached hydrogen (secondary N) is 1. The number of hydrogen-bond donors (Lipinski definition) is 3. The average molecular weight is 267 g/mol. The molecule has 0 unspecified atom stereocenters. The Bertz CT molecular complexity index is 152. The van der Waals surface area contributed by atoms with Gasteiger partial charge in [-0.1, -0.05) is 0 Å². The molecule has 0 saturated carbocycles. The smallest absolute Gasteiger partial charge is 0.407 e. The second-order valence-electron chi connectivity index (χ2n) is 2.92. The highest BCUT2D eigenvalue weighted by Gasteiger charge is 1.92. The van der Waals surface area contributed by atoms with E-state index in [-0.39, 0.29) is 19.3 Å². The fourth-order valence-electron chi connectivity index (χ4n) is 0.778. The van der Waals surface area contributed by atoms with Gasteiger partial charge in [-0.05, 0) is 13.8 Å². The van der Waals surface area contributed by atoms with Gasteiger partial charge < -0.3 is 29.7 Å². The Morgan fingerprint density at radius 2 is 1.50 bits per heavy atom. The van der Waals surface area contributed by atoms with E-state index in [1.54, 1.807) is 6.92 Å². The SMILES string of the molecule is CCNC(=O)OCC.OCCOCCOCCO. The zero-order chi connectivity index (χ0) is 14.1.